The van der Waals surface area contributed by atoms with Crippen molar-refractivity contribution in [2.45, 2.75) is 57.9 Å². The lowest BCUT2D eigenvalue weighted by molar-refractivity contribution is -0.146. The smallest absolute Gasteiger partial charge is 0.250 e. The third-order valence-electron chi connectivity index (χ3n) is 5.69. The highest BCUT2D eigenvalue weighted by Crippen LogP contribution is 2.37. The molecule has 5 nitrogen and oxygen atoms in total. The minimum Gasteiger partial charge on any atom is -0.340 e. The molecule has 0 spiro atoms. The summed E-state index contributed by atoms with van der Waals surface area (Å²) in [7, 11) is 0. The summed E-state index contributed by atoms with van der Waals surface area (Å²) >= 11 is 0. The van der Waals surface area contributed by atoms with Crippen LogP contribution in [0, 0.1) is 5.41 Å². The van der Waals surface area contributed by atoms with Crippen LogP contribution in [0.2, 0.25) is 0 Å². The van der Waals surface area contributed by atoms with Crippen LogP contribution in [0.1, 0.15) is 52.4 Å². The molecule has 2 aliphatic heterocycles. The number of piperidine rings is 2. The Morgan fingerprint density at radius 3 is 2.67 bits per heavy atom. The second-order valence-corrected chi connectivity index (χ2v) is 7.62. The molecule has 3 rings (SSSR count). The van der Waals surface area contributed by atoms with Gasteiger partial charge in [-0.25, -0.2) is 0 Å². The molecule has 6 heteroatoms. The van der Waals surface area contributed by atoms with Crippen LogP contribution in [-0.2, 0) is 10.3 Å². The van der Waals surface area contributed by atoms with E-state index in [-0.39, 0.29) is 23.7 Å². The van der Waals surface area contributed by atoms with Gasteiger partial charge in [-0.3, -0.25) is 9.48 Å². The van der Waals surface area contributed by atoms with Crippen LogP contribution in [0.25, 0.3) is 0 Å². The number of hydrogen-bond acceptors (Lipinski definition) is 3. The monoisotopic (exact) mass is 354 g/mol. The Morgan fingerprint density at radius 1 is 1.29 bits per heavy atom. The van der Waals surface area contributed by atoms with Gasteiger partial charge < -0.3 is 10.2 Å². The van der Waals surface area contributed by atoms with Gasteiger partial charge in [0.25, 0.3) is 5.91 Å². The van der Waals surface area contributed by atoms with E-state index in [2.05, 4.69) is 29.2 Å². The first-order valence-corrected chi connectivity index (χ1v) is 9.10. The van der Waals surface area contributed by atoms with E-state index in [1.807, 2.05) is 16.9 Å². The van der Waals surface area contributed by atoms with Crippen LogP contribution in [0.15, 0.2) is 18.5 Å². The topological polar surface area (TPSA) is 50.2 Å². The second kappa shape index (κ2) is 7.87. The summed E-state index contributed by atoms with van der Waals surface area (Å²) in [6.45, 7) is 8.14. The molecule has 3 heterocycles. The van der Waals surface area contributed by atoms with Crippen molar-refractivity contribution < 1.29 is 4.79 Å². The van der Waals surface area contributed by atoms with Gasteiger partial charge in [0.2, 0.25) is 0 Å². The Balaban J connectivity index is 0.00000208. The largest absolute Gasteiger partial charge is 0.340 e. The summed E-state index contributed by atoms with van der Waals surface area (Å²) in [4.78, 5) is 15.6. The van der Waals surface area contributed by atoms with Gasteiger partial charge in [-0.05, 0) is 56.7 Å². The molecule has 1 aromatic rings. The van der Waals surface area contributed by atoms with Gasteiger partial charge in [0.15, 0.2) is 0 Å². The Bertz CT molecular complexity index is 523. The molecule has 1 N–H and O–H groups in total. The Morgan fingerprint density at radius 2 is 2.04 bits per heavy atom. The number of likely N-dealkylation sites (tertiary alicyclic amines) is 1. The van der Waals surface area contributed by atoms with E-state index in [0.717, 1.165) is 45.4 Å². The molecule has 2 aliphatic rings. The first-order valence-electron chi connectivity index (χ1n) is 9.10. The standard InChI is InChI=1S/C18H30N4O.ClH/c1-3-6-17(2)7-4-13-21(15-17)16(23)18(8-11-19-12-9-18)22-14-5-10-20-22;/h5,10,14,19H,3-4,6-9,11-13,15H2,1-2H3;1H. The minimum atomic E-state index is -0.487. The molecule has 24 heavy (non-hydrogen) atoms. The molecular weight excluding hydrogens is 324 g/mol. The molecule has 0 aromatic carbocycles. The first-order chi connectivity index (χ1) is 11.1. The molecule has 136 valence electrons. The molecule has 1 unspecified atom stereocenters. The maximum atomic E-state index is 13.5. The minimum absolute atomic E-state index is 0. The number of rotatable bonds is 4. The summed E-state index contributed by atoms with van der Waals surface area (Å²) in [5.41, 5.74) is -0.208. The number of hydrogen-bond donors (Lipinski definition) is 1. The number of carbonyl (C=O) groups is 1. The van der Waals surface area contributed by atoms with Gasteiger partial charge in [0.1, 0.15) is 5.54 Å². The zero-order valence-corrected chi connectivity index (χ0v) is 15.8. The van der Waals surface area contributed by atoms with Crippen LogP contribution < -0.4 is 5.32 Å². The molecule has 1 atom stereocenters. The van der Waals surface area contributed by atoms with Crippen molar-refractivity contribution >= 4 is 18.3 Å². The van der Waals surface area contributed by atoms with Crippen LogP contribution in [0.3, 0.4) is 0 Å². The molecule has 0 aliphatic carbocycles. The fraction of sp³-hybridized carbons (Fsp3) is 0.778. The van der Waals surface area contributed by atoms with E-state index in [1.54, 1.807) is 6.20 Å². The van der Waals surface area contributed by atoms with Gasteiger partial charge in [-0.2, -0.15) is 5.10 Å². The average molecular weight is 355 g/mol. The molecular formula is C18H31ClN4O. The van der Waals surface area contributed by atoms with Crippen molar-refractivity contribution in [1.82, 2.24) is 20.0 Å². The molecule has 1 aromatic heterocycles. The van der Waals surface area contributed by atoms with Crippen molar-refractivity contribution in [2.24, 2.45) is 5.41 Å². The van der Waals surface area contributed by atoms with E-state index >= 15 is 0 Å². The van der Waals surface area contributed by atoms with Crippen molar-refractivity contribution in [2.75, 3.05) is 26.2 Å². The summed E-state index contributed by atoms with van der Waals surface area (Å²) in [6, 6.07) is 1.93. The summed E-state index contributed by atoms with van der Waals surface area (Å²) in [6.07, 6.45) is 10.1. The first kappa shape index (κ1) is 19.3. The molecule has 0 saturated carbocycles. The number of amides is 1. The lowest BCUT2D eigenvalue weighted by Gasteiger charge is -2.46. The van der Waals surface area contributed by atoms with E-state index in [1.165, 1.54) is 19.3 Å². The van der Waals surface area contributed by atoms with Crippen molar-refractivity contribution in [3.8, 4) is 0 Å². The van der Waals surface area contributed by atoms with Gasteiger partial charge >= 0.3 is 0 Å². The number of halogens is 1. The lowest BCUT2D eigenvalue weighted by Crippen LogP contribution is -2.58. The Hall–Kier alpha value is -1.07. The summed E-state index contributed by atoms with van der Waals surface area (Å²) in [5, 5.41) is 7.83. The zero-order valence-electron chi connectivity index (χ0n) is 15.0. The molecule has 0 bridgehead atoms. The van der Waals surface area contributed by atoms with E-state index in [9.17, 15) is 4.79 Å². The number of aromatic nitrogens is 2. The van der Waals surface area contributed by atoms with Crippen LogP contribution >= 0.6 is 12.4 Å². The third-order valence-corrected chi connectivity index (χ3v) is 5.69. The van der Waals surface area contributed by atoms with Gasteiger partial charge in [-0.1, -0.05) is 20.3 Å². The van der Waals surface area contributed by atoms with E-state index < -0.39 is 5.54 Å². The summed E-state index contributed by atoms with van der Waals surface area (Å²) in [5.74, 6) is 0.282. The number of carbonyl (C=O) groups excluding carboxylic acids is 1. The van der Waals surface area contributed by atoms with Crippen LogP contribution in [0.5, 0.6) is 0 Å². The van der Waals surface area contributed by atoms with Crippen molar-refractivity contribution in [3.05, 3.63) is 18.5 Å². The highest BCUT2D eigenvalue weighted by molar-refractivity contribution is 5.85. The van der Waals surface area contributed by atoms with Crippen molar-refractivity contribution in [1.29, 1.82) is 0 Å². The normalized spacial score (nSPS) is 26.7. The number of nitrogens with zero attached hydrogens (tertiary/aromatic N) is 3. The van der Waals surface area contributed by atoms with Crippen LogP contribution in [0.4, 0.5) is 0 Å². The van der Waals surface area contributed by atoms with Gasteiger partial charge in [0.05, 0.1) is 0 Å². The van der Waals surface area contributed by atoms with Gasteiger partial charge in [-0.15, -0.1) is 12.4 Å². The second-order valence-electron chi connectivity index (χ2n) is 7.62. The average Bonchev–Trinajstić information content (AvgIpc) is 3.10. The van der Waals surface area contributed by atoms with Gasteiger partial charge in [0, 0.05) is 25.5 Å². The van der Waals surface area contributed by atoms with E-state index in [0.29, 0.717) is 0 Å². The Kier molecular flexibility index (Phi) is 6.32. The molecule has 2 saturated heterocycles. The SMILES string of the molecule is CCCC1(C)CCCN(C(=O)C2(n3cccn3)CCNCC2)C1.Cl. The maximum absolute atomic E-state index is 13.5. The fourth-order valence-electron chi connectivity index (χ4n) is 4.49. The number of nitrogens with one attached hydrogen (secondary N) is 1. The molecule has 2 fully saturated rings. The predicted octanol–water partition coefficient (Wildman–Crippen LogP) is 2.81. The summed E-state index contributed by atoms with van der Waals surface area (Å²) < 4.78 is 1.92. The highest BCUT2D eigenvalue weighted by atomic mass is 35.5. The maximum Gasteiger partial charge on any atom is 0.250 e. The quantitative estimate of drug-likeness (QED) is 0.904. The predicted molar refractivity (Wildman–Crippen MR) is 98.4 cm³/mol. The molecule has 1 amide bonds. The zero-order chi connectivity index (χ0) is 16.3. The van der Waals surface area contributed by atoms with E-state index in [4.69, 9.17) is 0 Å². The third kappa shape index (κ3) is 3.62. The lowest BCUT2D eigenvalue weighted by atomic mass is 9.77. The highest BCUT2D eigenvalue weighted by Gasteiger charge is 2.46. The van der Waals surface area contributed by atoms with Crippen LogP contribution in [-0.4, -0.2) is 46.8 Å². The molecule has 0 radical (unpaired) electrons. The fourth-order valence-corrected chi connectivity index (χ4v) is 4.49. The Labute approximate surface area is 151 Å². The van der Waals surface area contributed by atoms with Crippen molar-refractivity contribution in [3.63, 3.8) is 0 Å².